The van der Waals surface area contributed by atoms with Crippen LogP contribution >= 0.6 is 0 Å². The molecule has 1 radical (unpaired) electrons. The number of carbonyl (C=O) groups excluding carboxylic acids is 1. The molecule has 15 heavy (non-hydrogen) atoms. The Balaban J connectivity index is 3.79. The van der Waals surface area contributed by atoms with E-state index in [1.165, 1.54) is 12.8 Å². The van der Waals surface area contributed by atoms with E-state index < -0.39 is 0 Å². The fraction of sp³-hybridized carbons (Fsp3) is 0.833. The van der Waals surface area contributed by atoms with Gasteiger partial charge in [-0.2, -0.15) is 0 Å². The third-order valence-electron chi connectivity index (χ3n) is 2.44. The zero-order valence-electron chi connectivity index (χ0n) is 10.1. The van der Waals surface area contributed by atoms with Gasteiger partial charge >= 0.3 is 6.09 Å². The van der Waals surface area contributed by atoms with Crippen LogP contribution in [0.3, 0.4) is 0 Å². The van der Waals surface area contributed by atoms with Crippen molar-refractivity contribution >= 4 is 6.09 Å². The number of amides is 1. The summed E-state index contributed by atoms with van der Waals surface area (Å²) < 4.78 is 4.51. The van der Waals surface area contributed by atoms with Gasteiger partial charge in [0, 0.05) is 13.1 Å². The fourth-order valence-electron chi connectivity index (χ4n) is 1.49. The second-order valence-corrected chi connectivity index (χ2v) is 3.81. The maximum atomic E-state index is 11.3. The van der Waals surface area contributed by atoms with Crippen LogP contribution in [0.4, 0.5) is 4.79 Å². The first-order valence-electron chi connectivity index (χ1n) is 5.97. The summed E-state index contributed by atoms with van der Waals surface area (Å²) in [6.07, 6.45) is 6.48. The molecule has 0 aliphatic carbocycles. The molecule has 0 aromatic heterocycles. The molecule has 0 fully saturated rings. The van der Waals surface area contributed by atoms with Crippen molar-refractivity contribution in [2.45, 2.75) is 52.4 Å². The summed E-state index contributed by atoms with van der Waals surface area (Å²) in [6, 6.07) is 0. The summed E-state index contributed by atoms with van der Waals surface area (Å²) in [7, 11) is 3.17. The van der Waals surface area contributed by atoms with Crippen LogP contribution in [0.15, 0.2) is 0 Å². The van der Waals surface area contributed by atoms with Gasteiger partial charge in [0.15, 0.2) is 0 Å². The molecule has 1 amide bonds. The SMILES string of the molecule is [CH2]OC(=O)N(CCCCC)CCCCC. The topological polar surface area (TPSA) is 29.5 Å². The molecule has 0 aliphatic rings. The van der Waals surface area contributed by atoms with Crippen molar-refractivity contribution < 1.29 is 9.53 Å². The highest BCUT2D eigenvalue weighted by molar-refractivity contribution is 5.67. The molecule has 0 aromatic rings. The Labute approximate surface area is 93.8 Å². The van der Waals surface area contributed by atoms with Gasteiger partial charge in [0.25, 0.3) is 0 Å². The minimum absolute atomic E-state index is 0.290. The van der Waals surface area contributed by atoms with Gasteiger partial charge in [-0.3, -0.25) is 0 Å². The van der Waals surface area contributed by atoms with E-state index >= 15 is 0 Å². The smallest absolute Gasteiger partial charge is 0.409 e. The second-order valence-electron chi connectivity index (χ2n) is 3.81. The van der Waals surface area contributed by atoms with E-state index in [-0.39, 0.29) is 6.09 Å². The molecule has 0 heterocycles. The highest BCUT2D eigenvalue weighted by Crippen LogP contribution is 2.04. The molecule has 0 atom stereocenters. The molecule has 0 saturated carbocycles. The first kappa shape index (κ1) is 14.3. The molecule has 0 bridgehead atoms. The monoisotopic (exact) mass is 214 g/mol. The average Bonchev–Trinajstić information content (AvgIpc) is 2.26. The van der Waals surface area contributed by atoms with Crippen LogP contribution < -0.4 is 0 Å². The molecule has 0 aromatic carbocycles. The van der Waals surface area contributed by atoms with E-state index in [9.17, 15) is 4.79 Å². The number of ether oxygens (including phenoxy) is 1. The van der Waals surface area contributed by atoms with Crippen molar-refractivity contribution in [2.75, 3.05) is 13.1 Å². The molecule has 3 nitrogen and oxygen atoms in total. The van der Waals surface area contributed by atoms with Crippen LogP contribution in [0.25, 0.3) is 0 Å². The molecule has 0 N–H and O–H groups in total. The largest absolute Gasteiger partial charge is 0.446 e. The molecule has 0 rings (SSSR count). The molecular weight excluding hydrogens is 190 g/mol. The Morgan fingerprint density at radius 1 is 1.07 bits per heavy atom. The van der Waals surface area contributed by atoms with Crippen LogP contribution in [0.1, 0.15) is 52.4 Å². The summed E-state index contributed by atoms with van der Waals surface area (Å²) in [5.74, 6) is 0. The van der Waals surface area contributed by atoms with E-state index in [1.54, 1.807) is 4.90 Å². The lowest BCUT2D eigenvalue weighted by molar-refractivity contribution is 0.133. The lowest BCUT2D eigenvalue weighted by Gasteiger charge is -2.20. The van der Waals surface area contributed by atoms with Gasteiger partial charge in [-0.15, -0.1) is 0 Å². The predicted molar refractivity (Wildman–Crippen MR) is 62.5 cm³/mol. The molecular formula is C12H24NO2. The fourth-order valence-corrected chi connectivity index (χ4v) is 1.49. The Bertz CT molecular complexity index is 150. The van der Waals surface area contributed by atoms with Crippen molar-refractivity contribution in [1.82, 2.24) is 4.90 Å². The summed E-state index contributed by atoms with van der Waals surface area (Å²) in [4.78, 5) is 13.1. The van der Waals surface area contributed by atoms with Crippen LogP contribution in [-0.4, -0.2) is 24.1 Å². The van der Waals surface area contributed by atoms with Gasteiger partial charge in [-0.1, -0.05) is 39.5 Å². The van der Waals surface area contributed by atoms with Gasteiger partial charge in [0.05, 0.1) is 0 Å². The van der Waals surface area contributed by atoms with Crippen LogP contribution in [-0.2, 0) is 4.74 Å². The molecule has 89 valence electrons. The average molecular weight is 214 g/mol. The van der Waals surface area contributed by atoms with Crippen LogP contribution in [0.5, 0.6) is 0 Å². The van der Waals surface area contributed by atoms with E-state index in [2.05, 4.69) is 25.7 Å². The Hall–Kier alpha value is -0.730. The molecule has 3 heteroatoms. The molecule has 0 aliphatic heterocycles. The van der Waals surface area contributed by atoms with Crippen LogP contribution in [0.2, 0.25) is 0 Å². The Morgan fingerprint density at radius 2 is 1.53 bits per heavy atom. The van der Waals surface area contributed by atoms with E-state index in [0.29, 0.717) is 0 Å². The summed E-state index contributed by atoms with van der Waals surface area (Å²) in [5.41, 5.74) is 0. The van der Waals surface area contributed by atoms with E-state index in [1.807, 2.05) is 0 Å². The lowest BCUT2D eigenvalue weighted by Crippen LogP contribution is -2.32. The summed E-state index contributed by atoms with van der Waals surface area (Å²) in [6.45, 7) is 5.90. The predicted octanol–water partition coefficient (Wildman–Crippen LogP) is 3.60. The summed E-state index contributed by atoms with van der Waals surface area (Å²) >= 11 is 0. The van der Waals surface area contributed by atoms with Crippen molar-refractivity contribution in [3.05, 3.63) is 7.11 Å². The summed E-state index contributed by atoms with van der Waals surface area (Å²) in [5, 5.41) is 0. The first-order valence-corrected chi connectivity index (χ1v) is 5.97. The van der Waals surface area contributed by atoms with E-state index in [4.69, 9.17) is 0 Å². The maximum Gasteiger partial charge on any atom is 0.409 e. The standard InChI is InChI=1S/C12H24NO2/c1-4-6-8-10-13(12(14)15-3)11-9-7-5-2/h3-11H2,1-2H3. The zero-order chi connectivity index (χ0) is 11.5. The van der Waals surface area contributed by atoms with Gasteiger partial charge in [0.2, 0.25) is 0 Å². The number of hydrogen-bond acceptors (Lipinski definition) is 2. The number of unbranched alkanes of at least 4 members (excludes halogenated alkanes) is 4. The Morgan fingerprint density at radius 3 is 1.87 bits per heavy atom. The third kappa shape index (κ3) is 7.23. The van der Waals surface area contributed by atoms with Gasteiger partial charge in [-0.25, -0.2) is 4.79 Å². The van der Waals surface area contributed by atoms with Gasteiger partial charge in [0.1, 0.15) is 7.11 Å². The number of hydrogen-bond donors (Lipinski definition) is 0. The molecule has 0 spiro atoms. The maximum absolute atomic E-state index is 11.3. The third-order valence-corrected chi connectivity index (χ3v) is 2.44. The van der Waals surface area contributed by atoms with Crippen molar-refractivity contribution in [3.8, 4) is 0 Å². The van der Waals surface area contributed by atoms with E-state index in [0.717, 1.165) is 38.8 Å². The van der Waals surface area contributed by atoms with Crippen LogP contribution in [0, 0.1) is 7.11 Å². The zero-order valence-corrected chi connectivity index (χ0v) is 10.1. The van der Waals surface area contributed by atoms with Crippen molar-refractivity contribution in [1.29, 1.82) is 0 Å². The molecule has 0 saturated heterocycles. The van der Waals surface area contributed by atoms with Gasteiger partial charge < -0.3 is 9.64 Å². The normalized spacial score (nSPS) is 10.1. The second kappa shape index (κ2) is 9.81. The van der Waals surface area contributed by atoms with Gasteiger partial charge in [-0.05, 0) is 12.8 Å². The lowest BCUT2D eigenvalue weighted by atomic mass is 10.2. The van der Waals surface area contributed by atoms with Crippen molar-refractivity contribution in [3.63, 3.8) is 0 Å². The number of rotatable bonds is 8. The Kier molecular flexibility index (Phi) is 9.33. The number of carbonyl (C=O) groups is 1. The first-order chi connectivity index (χ1) is 7.26. The quantitative estimate of drug-likeness (QED) is 0.578. The highest BCUT2D eigenvalue weighted by Gasteiger charge is 2.11. The minimum Gasteiger partial charge on any atom is -0.446 e. The number of nitrogens with zero attached hydrogens (tertiary/aromatic N) is 1. The highest BCUT2D eigenvalue weighted by atomic mass is 16.5. The minimum atomic E-state index is -0.290. The molecule has 0 unspecified atom stereocenters. The van der Waals surface area contributed by atoms with Crippen molar-refractivity contribution in [2.24, 2.45) is 0 Å².